The molecule has 0 saturated carbocycles. The summed E-state index contributed by atoms with van der Waals surface area (Å²) >= 11 is 0. The third kappa shape index (κ3) is 6.06. The molecule has 2 rings (SSSR count). The fraction of sp³-hybridized carbons (Fsp3) is 0.400. The zero-order valence-corrected chi connectivity index (χ0v) is 16.4. The Balaban J connectivity index is 2.19. The first-order valence-corrected chi connectivity index (χ1v) is 9.22. The van der Waals surface area contributed by atoms with Crippen molar-refractivity contribution in [3.63, 3.8) is 0 Å². The first-order valence-electron chi connectivity index (χ1n) is 9.22. The SMILES string of the molecule is CC(C)CCN(C(=O)O)C(Cc1cncn1Cc1ccc(C(=O)O)cc1)C(=O)O. The van der Waals surface area contributed by atoms with Crippen LogP contribution in [0.5, 0.6) is 0 Å². The number of imidazole rings is 1. The summed E-state index contributed by atoms with van der Waals surface area (Å²) in [5.74, 6) is -1.99. The molecule has 1 amide bonds. The molecular formula is C20H25N3O6. The van der Waals surface area contributed by atoms with Crippen LogP contribution in [0, 0.1) is 5.92 Å². The van der Waals surface area contributed by atoms with Gasteiger partial charge in [-0.25, -0.2) is 19.4 Å². The number of rotatable bonds is 10. The highest BCUT2D eigenvalue weighted by Gasteiger charge is 2.30. The van der Waals surface area contributed by atoms with Gasteiger partial charge < -0.3 is 19.9 Å². The molecule has 9 heteroatoms. The number of nitrogens with zero attached hydrogens (tertiary/aromatic N) is 3. The standard InChI is InChI=1S/C20H25N3O6/c1-13(2)7-8-23(20(28)29)17(19(26)27)9-16-10-21-12-22(16)11-14-3-5-15(6-4-14)18(24)25/h3-6,10,12-13,17H,7-9,11H2,1-2H3,(H,24,25)(H,26,27)(H,28,29). The molecule has 156 valence electrons. The molecule has 0 bridgehead atoms. The van der Waals surface area contributed by atoms with Gasteiger partial charge in [-0.15, -0.1) is 0 Å². The second kappa shape index (κ2) is 9.72. The van der Waals surface area contributed by atoms with Crippen LogP contribution in [0.2, 0.25) is 0 Å². The van der Waals surface area contributed by atoms with Gasteiger partial charge in [-0.2, -0.15) is 0 Å². The predicted octanol–water partition coefficient (Wildman–Crippen LogP) is 2.65. The molecule has 0 spiro atoms. The molecule has 0 radical (unpaired) electrons. The van der Waals surface area contributed by atoms with Crippen molar-refractivity contribution >= 4 is 18.0 Å². The number of hydrogen-bond donors (Lipinski definition) is 3. The Labute approximate surface area is 168 Å². The van der Waals surface area contributed by atoms with Crippen molar-refractivity contribution in [2.45, 2.75) is 39.3 Å². The monoisotopic (exact) mass is 403 g/mol. The molecule has 0 aliphatic carbocycles. The lowest BCUT2D eigenvalue weighted by Crippen LogP contribution is -2.46. The van der Waals surface area contributed by atoms with Gasteiger partial charge in [-0.1, -0.05) is 26.0 Å². The van der Waals surface area contributed by atoms with E-state index in [4.69, 9.17) is 5.11 Å². The topological polar surface area (TPSA) is 133 Å². The van der Waals surface area contributed by atoms with Crippen molar-refractivity contribution in [3.8, 4) is 0 Å². The van der Waals surface area contributed by atoms with Crippen LogP contribution in [0.1, 0.15) is 41.9 Å². The van der Waals surface area contributed by atoms with Crippen LogP contribution >= 0.6 is 0 Å². The van der Waals surface area contributed by atoms with Crippen LogP contribution in [-0.4, -0.2) is 60.4 Å². The first-order chi connectivity index (χ1) is 13.7. The number of aromatic nitrogens is 2. The average Bonchev–Trinajstić information content (AvgIpc) is 3.07. The molecule has 0 aliphatic rings. The maximum atomic E-state index is 11.8. The Hall–Kier alpha value is -3.36. The number of carboxylic acids is 2. The summed E-state index contributed by atoms with van der Waals surface area (Å²) in [6.45, 7) is 4.39. The summed E-state index contributed by atoms with van der Waals surface area (Å²) in [5, 5.41) is 28.1. The van der Waals surface area contributed by atoms with Gasteiger partial charge in [0.1, 0.15) is 6.04 Å². The number of hydrogen-bond acceptors (Lipinski definition) is 4. The number of carboxylic acid groups (broad SMARTS) is 3. The molecule has 3 N–H and O–H groups in total. The van der Waals surface area contributed by atoms with Crippen LogP contribution in [0.4, 0.5) is 4.79 Å². The van der Waals surface area contributed by atoms with Gasteiger partial charge in [0.15, 0.2) is 0 Å². The van der Waals surface area contributed by atoms with Crippen LogP contribution in [-0.2, 0) is 17.8 Å². The fourth-order valence-electron chi connectivity index (χ4n) is 2.92. The van der Waals surface area contributed by atoms with Crippen LogP contribution in [0.15, 0.2) is 36.8 Å². The summed E-state index contributed by atoms with van der Waals surface area (Å²) in [4.78, 5) is 39.4. The Morgan fingerprint density at radius 3 is 2.28 bits per heavy atom. The molecule has 1 aromatic heterocycles. The Kier molecular flexibility index (Phi) is 7.35. The van der Waals surface area contributed by atoms with Gasteiger partial charge in [-0.05, 0) is 30.0 Å². The number of benzene rings is 1. The molecule has 1 aromatic carbocycles. The third-order valence-corrected chi connectivity index (χ3v) is 4.61. The first kappa shape index (κ1) is 21.9. The van der Waals surface area contributed by atoms with Gasteiger partial charge in [0, 0.05) is 31.4 Å². The van der Waals surface area contributed by atoms with Gasteiger partial charge in [0.25, 0.3) is 0 Å². The fourth-order valence-corrected chi connectivity index (χ4v) is 2.92. The van der Waals surface area contributed by atoms with Gasteiger partial charge >= 0.3 is 18.0 Å². The summed E-state index contributed by atoms with van der Waals surface area (Å²) in [5.41, 5.74) is 1.57. The molecular weight excluding hydrogens is 378 g/mol. The van der Waals surface area contributed by atoms with Gasteiger partial charge in [0.2, 0.25) is 0 Å². The lowest BCUT2D eigenvalue weighted by molar-refractivity contribution is -0.142. The van der Waals surface area contributed by atoms with Crippen molar-refractivity contribution in [3.05, 3.63) is 53.6 Å². The van der Waals surface area contributed by atoms with E-state index in [0.29, 0.717) is 18.7 Å². The van der Waals surface area contributed by atoms with E-state index >= 15 is 0 Å². The van der Waals surface area contributed by atoms with Crippen molar-refractivity contribution in [2.24, 2.45) is 5.92 Å². The molecule has 1 unspecified atom stereocenters. The van der Waals surface area contributed by atoms with Crippen molar-refractivity contribution in [1.82, 2.24) is 14.5 Å². The molecule has 9 nitrogen and oxygen atoms in total. The largest absolute Gasteiger partial charge is 0.480 e. The van der Waals surface area contributed by atoms with E-state index in [1.165, 1.54) is 18.3 Å². The molecule has 0 aliphatic heterocycles. The quantitative estimate of drug-likeness (QED) is 0.555. The number of aromatic carboxylic acids is 1. The van der Waals surface area contributed by atoms with E-state index in [1.807, 2.05) is 13.8 Å². The molecule has 1 heterocycles. The Morgan fingerprint density at radius 2 is 1.76 bits per heavy atom. The maximum Gasteiger partial charge on any atom is 0.408 e. The highest BCUT2D eigenvalue weighted by Crippen LogP contribution is 2.15. The molecule has 0 fully saturated rings. The summed E-state index contributed by atoms with van der Waals surface area (Å²) in [7, 11) is 0. The number of aliphatic carboxylic acids is 1. The van der Waals surface area contributed by atoms with E-state index in [2.05, 4.69) is 4.98 Å². The molecule has 2 aromatic rings. The summed E-state index contributed by atoms with van der Waals surface area (Å²) < 4.78 is 1.73. The summed E-state index contributed by atoms with van der Waals surface area (Å²) in [6.07, 6.45) is 2.33. The second-order valence-corrected chi connectivity index (χ2v) is 7.23. The third-order valence-electron chi connectivity index (χ3n) is 4.61. The van der Waals surface area contributed by atoms with Crippen LogP contribution in [0.25, 0.3) is 0 Å². The van der Waals surface area contributed by atoms with Crippen molar-refractivity contribution in [2.75, 3.05) is 6.54 Å². The second-order valence-electron chi connectivity index (χ2n) is 7.23. The van der Waals surface area contributed by atoms with Crippen LogP contribution < -0.4 is 0 Å². The molecule has 1 atom stereocenters. The lowest BCUT2D eigenvalue weighted by Gasteiger charge is -2.27. The number of amides is 1. The maximum absolute atomic E-state index is 11.8. The Morgan fingerprint density at radius 1 is 1.10 bits per heavy atom. The molecule has 29 heavy (non-hydrogen) atoms. The van der Waals surface area contributed by atoms with Crippen LogP contribution in [0.3, 0.4) is 0 Å². The van der Waals surface area contributed by atoms with E-state index in [0.717, 1.165) is 10.5 Å². The predicted molar refractivity (Wildman–Crippen MR) is 104 cm³/mol. The highest BCUT2D eigenvalue weighted by molar-refractivity contribution is 5.87. The minimum Gasteiger partial charge on any atom is -0.480 e. The highest BCUT2D eigenvalue weighted by atomic mass is 16.4. The summed E-state index contributed by atoms with van der Waals surface area (Å²) in [6, 6.07) is 5.11. The van der Waals surface area contributed by atoms with Crippen molar-refractivity contribution in [1.29, 1.82) is 0 Å². The van der Waals surface area contributed by atoms with E-state index in [1.54, 1.807) is 23.0 Å². The van der Waals surface area contributed by atoms with E-state index < -0.39 is 24.1 Å². The Bertz CT molecular complexity index is 859. The number of carbonyl (C=O) groups is 3. The van der Waals surface area contributed by atoms with Gasteiger partial charge in [-0.3, -0.25) is 4.90 Å². The normalized spacial score (nSPS) is 12.0. The van der Waals surface area contributed by atoms with Crippen molar-refractivity contribution < 1.29 is 29.7 Å². The average molecular weight is 403 g/mol. The molecule has 0 saturated heterocycles. The minimum absolute atomic E-state index is 0.0209. The zero-order valence-electron chi connectivity index (χ0n) is 16.4. The lowest BCUT2D eigenvalue weighted by atomic mass is 10.1. The van der Waals surface area contributed by atoms with E-state index in [9.17, 15) is 24.6 Å². The smallest absolute Gasteiger partial charge is 0.408 e. The zero-order chi connectivity index (χ0) is 21.6. The van der Waals surface area contributed by atoms with E-state index in [-0.39, 0.29) is 24.4 Å². The van der Waals surface area contributed by atoms with Gasteiger partial charge in [0.05, 0.1) is 11.9 Å². The minimum atomic E-state index is -1.27.